The van der Waals surface area contributed by atoms with E-state index in [1.807, 2.05) is 0 Å². The number of alkyl halides is 1. The Morgan fingerprint density at radius 1 is 1.00 bits per heavy atom. The van der Waals surface area contributed by atoms with E-state index in [0.717, 1.165) is 16.4 Å². The van der Waals surface area contributed by atoms with E-state index in [2.05, 4.69) is 5.32 Å². The van der Waals surface area contributed by atoms with Crippen molar-refractivity contribution in [2.24, 2.45) is 0 Å². The minimum Gasteiger partial charge on any atom is -0.505 e. The number of hydrogen-bond donors (Lipinski definition) is 2. The van der Waals surface area contributed by atoms with Crippen LogP contribution in [0.15, 0.2) is 65.6 Å². The van der Waals surface area contributed by atoms with E-state index in [9.17, 15) is 23.6 Å². The Kier molecular flexibility index (Phi) is 9.31. The Labute approximate surface area is 237 Å². The summed E-state index contributed by atoms with van der Waals surface area (Å²) in [5, 5.41) is 25.3. The number of nitrogens with one attached hydrogen (secondary N) is 1. The lowest BCUT2D eigenvalue weighted by atomic mass is 9.96. The van der Waals surface area contributed by atoms with Gasteiger partial charge in [-0.3, -0.25) is 10.1 Å². The van der Waals surface area contributed by atoms with Crippen LogP contribution >= 0.6 is 0 Å². The lowest BCUT2D eigenvalue weighted by Gasteiger charge is -2.30. The van der Waals surface area contributed by atoms with E-state index in [0.29, 0.717) is 22.6 Å². The van der Waals surface area contributed by atoms with Crippen LogP contribution in [0.25, 0.3) is 0 Å². The lowest BCUT2D eigenvalue weighted by Crippen LogP contribution is -2.38. The highest BCUT2D eigenvalue weighted by atomic mass is 32.2. The summed E-state index contributed by atoms with van der Waals surface area (Å²) in [5.74, 6) is 0.512. The predicted octanol–water partition coefficient (Wildman–Crippen LogP) is 4.64. The maximum atomic E-state index is 15.1. The molecule has 13 heteroatoms. The van der Waals surface area contributed by atoms with E-state index in [4.69, 9.17) is 14.2 Å². The number of rotatable bonds is 12. The average Bonchev–Trinajstić information content (AvgIpc) is 2.96. The van der Waals surface area contributed by atoms with E-state index in [1.165, 1.54) is 14.2 Å². The van der Waals surface area contributed by atoms with Crippen molar-refractivity contribution in [3.63, 3.8) is 0 Å². The number of nitro groups is 1. The van der Waals surface area contributed by atoms with E-state index < -0.39 is 36.9 Å². The zero-order valence-electron chi connectivity index (χ0n) is 22.7. The third-order valence-electron chi connectivity index (χ3n) is 6.91. The summed E-state index contributed by atoms with van der Waals surface area (Å²) in [6.07, 6.45) is 0.180. The molecular weight excluding hydrogens is 557 g/mol. The van der Waals surface area contributed by atoms with Crippen molar-refractivity contribution >= 4 is 21.4 Å². The zero-order valence-corrected chi connectivity index (χ0v) is 23.5. The van der Waals surface area contributed by atoms with Gasteiger partial charge < -0.3 is 24.6 Å². The van der Waals surface area contributed by atoms with Crippen molar-refractivity contribution < 1.29 is 37.0 Å². The minimum atomic E-state index is -4.38. The number of benzene rings is 3. The van der Waals surface area contributed by atoms with Gasteiger partial charge in [-0.05, 0) is 35.4 Å². The van der Waals surface area contributed by atoms with Crippen LogP contribution in [0.2, 0.25) is 0 Å². The van der Waals surface area contributed by atoms with Crippen molar-refractivity contribution in [2.45, 2.75) is 36.5 Å². The predicted molar refractivity (Wildman–Crippen MR) is 150 cm³/mol. The highest BCUT2D eigenvalue weighted by Gasteiger charge is 2.35. The van der Waals surface area contributed by atoms with Crippen LogP contribution in [-0.2, 0) is 27.8 Å². The molecule has 41 heavy (non-hydrogen) atoms. The SMILES string of the molecule is COc1ccc(CN(Cc2ccc(OC)cc2)S(=O)(=O)c2cc(O)c(NCC3(F)CCOCC3)c([N+](=O)[O-])c2)cc1. The number of nitrogens with zero attached hydrogens (tertiary/aromatic N) is 2. The van der Waals surface area contributed by atoms with Gasteiger partial charge in [0.2, 0.25) is 10.0 Å². The molecule has 0 spiro atoms. The summed E-state index contributed by atoms with van der Waals surface area (Å²) in [7, 11) is -1.35. The minimum absolute atomic E-state index is 0.0701. The molecule has 0 radical (unpaired) electrons. The number of nitro benzene ring substituents is 1. The molecule has 4 rings (SSSR count). The number of ether oxygens (including phenoxy) is 3. The van der Waals surface area contributed by atoms with Gasteiger partial charge in [-0.25, -0.2) is 12.8 Å². The topological polar surface area (TPSA) is 140 Å². The van der Waals surface area contributed by atoms with Crippen molar-refractivity contribution in [1.82, 2.24) is 4.31 Å². The molecule has 11 nitrogen and oxygen atoms in total. The second-order valence-corrected chi connectivity index (χ2v) is 11.6. The van der Waals surface area contributed by atoms with E-state index >= 15 is 4.39 Å². The van der Waals surface area contributed by atoms with Gasteiger partial charge in [0, 0.05) is 57.8 Å². The quantitative estimate of drug-likeness (QED) is 0.176. The summed E-state index contributed by atoms with van der Waals surface area (Å²) in [5.41, 5.74) is -1.44. The fourth-order valence-electron chi connectivity index (χ4n) is 4.47. The molecule has 1 aliphatic rings. The molecule has 0 aromatic heterocycles. The number of methoxy groups -OCH3 is 2. The van der Waals surface area contributed by atoms with Crippen LogP contribution in [0.1, 0.15) is 24.0 Å². The fourth-order valence-corrected chi connectivity index (χ4v) is 5.92. The maximum Gasteiger partial charge on any atom is 0.297 e. The van der Waals surface area contributed by atoms with Gasteiger partial charge in [0.25, 0.3) is 5.69 Å². The zero-order chi connectivity index (χ0) is 29.6. The molecule has 0 aliphatic carbocycles. The second-order valence-electron chi connectivity index (χ2n) is 9.68. The molecule has 0 atom stereocenters. The molecule has 0 amide bonds. The summed E-state index contributed by atoms with van der Waals surface area (Å²) in [4.78, 5) is 10.7. The number of halogens is 1. The van der Waals surface area contributed by atoms with Crippen LogP contribution in [0, 0.1) is 10.1 Å². The highest BCUT2D eigenvalue weighted by molar-refractivity contribution is 7.89. The first-order valence-corrected chi connectivity index (χ1v) is 14.3. The van der Waals surface area contributed by atoms with Crippen molar-refractivity contribution in [3.05, 3.63) is 81.9 Å². The average molecular weight is 590 g/mol. The largest absolute Gasteiger partial charge is 0.505 e. The molecule has 1 aliphatic heterocycles. The van der Waals surface area contributed by atoms with Crippen LogP contribution in [-0.4, -0.2) is 62.4 Å². The molecule has 0 bridgehead atoms. The van der Waals surface area contributed by atoms with Crippen LogP contribution in [0.4, 0.5) is 15.8 Å². The van der Waals surface area contributed by atoms with Gasteiger partial charge in [-0.1, -0.05) is 24.3 Å². The lowest BCUT2D eigenvalue weighted by molar-refractivity contribution is -0.384. The number of hydrogen-bond acceptors (Lipinski definition) is 9. The molecule has 1 heterocycles. The molecule has 0 unspecified atom stereocenters. The molecule has 2 N–H and O–H groups in total. The highest BCUT2D eigenvalue weighted by Crippen LogP contribution is 2.39. The van der Waals surface area contributed by atoms with E-state index in [-0.39, 0.29) is 51.4 Å². The number of anilines is 1. The first kappa shape index (κ1) is 30.0. The third kappa shape index (κ3) is 7.23. The Bertz CT molecular complexity index is 1410. The van der Waals surface area contributed by atoms with Gasteiger partial charge in [0.05, 0.1) is 24.0 Å². The van der Waals surface area contributed by atoms with Crippen molar-refractivity contribution in [2.75, 3.05) is 39.3 Å². The van der Waals surface area contributed by atoms with Gasteiger partial charge in [0.1, 0.15) is 22.9 Å². The molecule has 3 aromatic carbocycles. The smallest absolute Gasteiger partial charge is 0.297 e. The van der Waals surface area contributed by atoms with Crippen LogP contribution in [0.5, 0.6) is 17.2 Å². The first-order chi connectivity index (χ1) is 19.5. The Morgan fingerprint density at radius 3 is 1.98 bits per heavy atom. The summed E-state index contributed by atoms with van der Waals surface area (Å²) in [6.45, 7) is -0.0278. The maximum absolute atomic E-state index is 15.1. The first-order valence-electron chi connectivity index (χ1n) is 12.8. The molecule has 1 fully saturated rings. The van der Waals surface area contributed by atoms with Crippen molar-refractivity contribution in [1.29, 1.82) is 0 Å². The third-order valence-corrected chi connectivity index (χ3v) is 8.68. The van der Waals surface area contributed by atoms with Gasteiger partial charge in [-0.2, -0.15) is 4.31 Å². The number of sulfonamides is 1. The van der Waals surface area contributed by atoms with Gasteiger partial charge >= 0.3 is 0 Å². The standard InChI is InChI=1S/C28H32FN3O8S/c1-38-22-7-3-20(4-8-22)17-31(18-21-5-9-23(39-2)10-6-21)41(36,37)24-15-25(32(34)35)27(26(33)16-24)30-19-28(29)11-13-40-14-12-28/h3-10,15-16,30,33H,11-14,17-19H2,1-2H3. The Balaban J connectivity index is 1.69. The fraction of sp³-hybridized carbons (Fsp3) is 0.357. The summed E-state index contributed by atoms with van der Waals surface area (Å²) >= 11 is 0. The molecule has 1 saturated heterocycles. The molecular formula is C28H32FN3O8S. The molecule has 3 aromatic rings. The summed E-state index contributed by atoms with van der Waals surface area (Å²) in [6, 6.07) is 15.5. The van der Waals surface area contributed by atoms with Crippen LogP contribution < -0.4 is 14.8 Å². The summed E-state index contributed by atoms with van der Waals surface area (Å²) < 4.78 is 59.6. The Morgan fingerprint density at radius 2 is 1.51 bits per heavy atom. The monoisotopic (exact) mass is 589 g/mol. The molecule has 0 saturated carbocycles. The normalized spacial score (nSPS) is 14.9. The second kappa shape index (κ2) is 12.7. The Hall–Kier alpha value is -3.94. The van der Waals surface area contributed by atoms with E-state index in [1.54, 1.807) is 48.5 Å². The van der Waals surface area contributed by atoms with Gasteiger partial charge in [0.15, 0.2) is 5.69 Å². The van der Waals surface area contributed by atoms with Gasteiger partial charge in [-0.15, -0.1) is 0 Å². The number of phenols is 1. The molecule has 220 valence electrons. The van der Waals surface area contributed by atoms with Crippen molar-refractivity contribution in [3.8, 4) is 17.2 Å². The van der Waals surface area contributed by atoms with Crippen LogP contribution in [0.3, 0.4) is 0 Å². The number of aromatic hydroxyl groups is 1. The number of phenolic OH excluding ortho intramolecular Hbond substituents is 1.